The van der Waals surface area contributed by atoms with Crippen LogP contribution >= 0.6 is 0 Å². The number of benzene rings is 1. The normalized spacial score (nSPS) is 21.5. The van der Waals surface area contributed by atoms with Gasteiger partial charge in [-0.3, -0.25) is 9.88 Å². The average Bonchev–Trinajstić information content (AvgIpc) is 2.55. The van der Waals surface area contributed by atoms with Crippen LogP contribution in [0.1, 0.15) is 25.8 Å². The van der Waals surface area contributed by atoms with Crippen LogP contribution in [0.2, 0.25) is 0 Å². The van der Waals surface area contributed by atoms with E-state index in [0.717, 1.165) is 37.6 Å². The van der Waals surface area contributed by atoms with E-state index in [-0.39, 0.29) is 0 Å². The number of hydrogen-bond acceptors (Lipinski definition) is 3. The van der Waals surface area contributed by atoms with E-state index in [4.69, 9.17) is 0 Å². The molecule has 112 valence electrons. The van der Waals surface area contributed by atoms with E-state index in [0.29, 0.717) is 6.04 Å². The molecule has 2 aromatic rings. The number of nitrogens with zero attached hydrogens (tertiary/aromatic N) is 2. The predicted molar refractivity (Wildman–Crippen MR) is 88.3 cm³/mol. The first-order valence-corrected chi connectivity index (χ1v) is 8.06. The van der Waals surface area contributed by atoms with Crippen LogP contribution in [-0.4, -0.2) is 35.6 Å². The third-order valence-electron chi connectivity index (χ3n) is 4.73. The van der Waals surface area contributed by atoms with Crippen molar-refractivity contribution in [2.45, 2.75) is 32.9 Å². The third kappa shape index (κ3) is 3.25. The van der Waals surface area contributed by atoms with Crippen molar-refractivity contribution in [3.8, 4) is 0 Å². The SMILES string of the molecule is CCC(C)C1CN(Cc2cccc3cccnc23)CCN1. The number of rotatable bonds is 4. The fraction of sp³-hybridized carbons (Fsp3) is 0.500. The highest BCUT2D eigenvalue weighted by atomic mass is 15.2. The maximum atomic E-state index is 4.57. The van der Waals surface area contributed by atoms with Crippen LogP contribution in [0.15, 0.2) is 36.5 Å². The van der Waals surface area contributed by atoms with Gasteiger partial charge in [-0.05, 0) is 17.5 Å². The summed E-state index contributed by atoms with van der Waals surface area (Å²) < 4.78 is 0. The Hall–Kier alpha value is -1.45. The Kier molecular flexibility index (Phi) is 4.51. The fourth-order valence-electron chi connectivity index (χ4n) is 3.19. The van der Waals surface area contributed by atoms with Crippen LogP contribution in [0.25, 0.3) is 10.9 Å². The summed E-state index contributed by atoms with van der Waals surface area (Å²) in [7, 11) is 0. The third-order valence-corrected chi connectivity index (χ3v) is 4.73. The van der Waals surface area contributed by atoms with E-state index in [1.54, 1.807) is 0 Å². The maximum absolute atomic E-state index is 4.57. The van der Waals surface area contributed by atoms with Crippen molar-refractivity contribution in [1.82, 2.24) is 15.2 Å². The second kappa shape index (κ2) is 6.54. The quantitative estimate of drug-likeness (QED) is 0.935. The number of fused-ring (bicyclic) bond motifs is 1. The molecule has 1 saturated heterocycles. The van der Waals surface area contributed by atoms with E-state index in [1.807, 2.05) is 12.3 Å². The molecular formula is C18H25N3. The summed E-state index contributed by atoms with van der Waals surface area (Å²) in [4.78, 5) is 7.14. The predicted octanol–water partition coefficient (Wildman–Crippen LogP) is 3.05. The summed E-state index contributed by atoms with van der Waals surface area (Å²) >= 11 is 0. The van der Waals surface area contributed by atoms with Gasteiger partial charge in [-0.1, -0.05) is 44.5 Å². The molecule has 3 rings (SSSR count). The molecule has 0 amide bonds. The molecule has 1 aliphatic heterocycles. The van der Waals surface area contributed by atoms with E-state index in [1.165, 1.54) is 17.4 Å². The van der Waals surface area contributed by atoms with E-state index >= 15 is 0 Å². The molecule has 0 radical (unpaired) electrons. The molecule has 21 heavy (non-hydrogen) atoms. The van der Waals surface area contributed by atoms with Crippen molar-refractivity contribution in [3.63, 3.8) is 0 Å². The van der Waals surface area contributed by atoms with Crippen molar-refractivity contribution in [2.75, 3.05) is 19.6 Å². The number of hydrogen-bond donors (Lipinski definition) is 1. The maximum Gasteiger partial charge on any atom is 0.0746 e. The van der Waals surface area contributed by atoms with Crippen LogP contribution < -0.4 is 5.32 Å². The second-order valence-electron chi connectivity index (χ2n) is 6.17. The van der Waals surface area contributed by atoms with Gasteiger partial charge in [-0.15, -0.1) is 0 Å². The molecule has 0 saturated carbocycles. The van der Waals surface area contributed by atoms with E-state index in [2.05, 4.69) is 53.3 Å². The molecule has 1 aliphatic rings. The molecule has 2 unspecified atom stereocenters. The molecule has 0 bridgehead atoms. The molecule has 2 heterocycles. The summed E-state index contributed by atoms with van der Waals surface area (Å²) in [5, 5.41) is 4.90. The number of para-hydroxylation sites is 1. The van der Waals surface area contributed by atoms with Gasteiger partial charge in [0.1, 0.15) is 0 Å². The monoisotopic (exact) mass is 283 g/mol. The number of nitrogens with one attached hydrogen (secondary N) is 1. The first-order valence-electron chi connectivity index (χ1n) is 8.06. The molecule has 0 spiro atoms. The van der Waals surface area contributed by atoms with Gasteiger partial charge in [0, 0.05) is 43.8 Å². The zero-order chi connectivity index (χ0) is 14.7. The highest BCUT2D eigenvalue weighted by molar-refractivity contribution is 5.81. The molecule has 1 aromatic carbocycles. The smallest absolute Gasteiger partial charge is 0.0746 e. The number of aromatic nitrogens is 1. The van der Waals surface area contributed by atoms with Crippen molar-refractivity contribution >= 4 is 10.9 Å². The molecule has 2 atom stereocenters. The zero-order valence-corrected chi connectivity index (χ0v) is 13.0. The van der Waals surface area contributed by atoms with Crippen molar-refractivity contribution in [3.05, 3.63) is 42.1 Å². The Balaban J connectivity index is 1.76. The topological polar surface area (TPSA) is 28.2 Å². The van der Waals surface area contributed by atoms with Crippen molar-refractivity contribution in [1.29, 1.82) is 0 Å². The van der Waals surface area contributed by atoms with Crippen LogP contribution in [-0.2, 0) is 6.54 Å². The molecule has 0 aliphatic carbocycles. The van der Waals surface area contributed by atoms with Crippen molar-refractivity contribution in [2.24, 2.45) is 5.92 Å². The largest absolute Gasteiger partial charge is 0.311 e. The second-order valence-corrected chi connectivity index (χ2v) is 6.17. The fourth-order valence-corrected chi connectivity index (χ4v) is 3.19. The summed E-state index contributed by atoms with van der Waals surface area (Å²) in [5.74, 6) is 0.735. The van der Waals surface area contributed by atoms with Gasteiger partial charge in [0.25, 0.3) is 0 Å². The van der Waals surface area contributed by atoms with Crippen molar-refractivity contribution < 1.29 is 0 Å². The lowest BCUT2D eigenvalue weighted by atomic mass is 9.97. The Morgan fingerprint density at radius 2 is 2.19 bits per heavy atom. The van der Waals surface area contributed by atoms with Gasteiger partial charge in [-0.25, -0.2) is 0 Å². The molecule has 1 fully saturated rings. The van der Waals surface area contributed by atoms with Gasteiger partial charge >= 0.3 is 0 Å². The van der Waals surface area contributed by atoms with Gasteiger partial charge in [0.15, 0.2) is 0 Å². The summed E-state index contributed by atoms with van der Waals surface area (Å²) in [6, 6.07) is 11.3. The minimum atomic E-state index is 0.617. The van der Waals surface area contributed by atoms with Crippen LogP contribution in [0.5, 0.6) is 0 Å². The standard InChI is InChI=1S/C18H25N3/c1-3-14(2)17-13-21(11-10-19-17)12-16-7-4-6-15-8-5-9-20-18(15)16/h4-9,14,17,19H,3,10-13H2,1-2H3. The Morgan fingerprint density at radius 3 is 3.05 bits per heavy atom. The van der Waals surface area contributed by atoms with Gasteiger partial charge in [0.05, 0.1) is 5.52 Å². The number of piperazine rings is 1. The summed E-state index contributed by atoms with van der Waals surface area (Å²) in [5.41, 5.74) is 2.50. The van der Waals surface area contributed by atoms with Crippen LogP contribution in [0.3, 0.4) is 0 Å². The van der Waals surface area contributed by atoms with E-state index < -0.39 is 0 Å². The Labute approximate surface area is 127 Å². The molecular weight excluding hydrogens is 258 g/mol. The van der Waals surface area contributed by atoms with Crippen LogP contribution in [0.4, 0.5) is 0 Å². The highest BCUT2D eigenvalue weighted by Gasteiger charge is 2.23. The Bertz CT molecular complexity index is 591. The van der Waals surface area contributed by atoms with Crippen LogP contribution in [0, 0.1) is 5.92 Å². The molecule has 3 nitrogen and oxygen atoms in total. The van der Waals surface area contributed by atoms with E-state index in [9.17, 15) is 0 Å². The van der Waals surface area contributed by atoms with Gasteiger partial charge in [0.2, 0.25) is 0 Å². The Morgan fingerprint density at radius 1 is 1.33 bits per heavy atom. The number of pyridine rings is 1. The molecule has 1 aromatic heterocycles. The first kappa shape index (κ1) is 14.5. The average molecular weight is 283 g/mol. The summed E-state index contributed by atoms with van der Waals surface area (Å²) in [6.45, 7) is 8.98. The minimum absolute atomic E-state index is 0.617. The lowest BCUT2D eigenvalue weighted by Gasteiger charge is -2.36. The van der Waals surface area contributed by atoms with Gasteiger partial charge < -0.3 is 5.32 Å². The zero-order valence-electron chi connectivity index (χ0n) is 13.0. The first-order chi connectivity index (χ1) is 10.3. The highest BCUT2D eigenvalue weighted by Crippen LogP contribution is 2.19. The lowest BCUT2D eigenvalue weighted by molar-refractivity contribution is 0.162. The molecule has 1 N–H and O–H groups in total. The lowest BCUT2D eigenvalue weighted by Crippen LogP contribution is -2.52. The van der Waals surface area contributed by atoms with Gasteiger partial charge in [-0.2, -0.15) is 0 Å². The summed E-state index contributed by atoms with van der Waals surface area (Å²) in [6.07, 6.45) is 3.13. The molecule has 3 heteroatoms. The minimum Gasteiger partial charge on any atom is -0.311 e.